The third-order valence-corrected chi connectivity index (χ3v) is 3.73. The van der Waals surface area contributed by atoms with Crippen LogP contribution in [0.3, 0.4) is 0 Å². The highest BCUT2D eigenvalue weighted by Crippen LogP contribution is 2.20. The number of nitrogens with one attached hydrogen (secondary N) is 1. The summed E-state index contributed by atoms with van der Waals surface area (Å²) in [5.41, 5.74) is 8.98. The maximum atomic E-state index is 11.6. The number of benzene rings is 1. The Morgan fingerprint density at radius 1 is 1.41 bits per heavy atom. The average molecular weight is 296 g/mol. The van der Waals surface area contributed by atoms with E-state index in [0.29, 0.717) is 5.56 Å². The number of H-pyrrole nitrogens is 1. The van der Waals surface area contributed by atoms with Crippen molar-refractivity contribution < 1.29 is 0 Å². The lowest BCUT2D eigenvalue weighted by atomic mass is 10.2. The van der Waals surface area contributed by atoms with Crippen molar-refractivity contribution in [3.63, 3.8) is 0 Å². The summed E-state index contributed by atoms with van der Waals surface area (Å²) in [6.07, 6.45) is 0. The van der Waals surface area contributed by atoms with Crippen LogP contribution in [0.5, 0.6) is 0 Å². The normalized spacial score (nSPS) is 10.8. The lowest BCUT2D eigenvalue weighted by Gasteiger charge is -2.07. The van der Waals surface area contributed by atoms with Crippen LogP contribution in [0.15, 0.2) is 27.5 Å². The van der Waals surface area contributed by atoms with Crippen molar-refractivity contribution in [1.29, 1.82) is 0 Å². The molecule has 0 saturated carbocycles. The first kappa shape index (κ1) is 12.1. The van der Waals surface area contributed by atoms with Crippen LogP contribution in [-0.2, 0) is 6.54 Å². The molecule has 0 radical (unpaired) electrons. The summed E-state index contributed by atoms with van der Waals surface area (Å²) >= 11 is 3.48. The van der Waals surface area contributed by atoms with Crippen molar-refractivity contribution in [3.8, 4) is 5.69 Å². The number of aromatic amines is 1. The zero-order chi connectivity index (χ0) is 12.6. The molecule has 2 aromatic rings. The Bertz CT molecular complexity index is 613. The molecule has 4 nitrogen and oxygen atoms in total. The first-order valence-corrected chi connectivity index (χ1v) is 6.11. The molecule has 1 aromatic heterocycles. The molecule has 5 heteroatoms. The summed E-state index contributed by atoms with van der Waals surface area (Å²) < 4.78 is 2.77. The van der Waals surface area contributed by atoms with Gasteiger partial charge in [0.05, 0.1) is 11.3 Å². The Kier molecular flexibility index (Phi) is 3.22. The Morgan fingerprint density at radius 2 is 2.12 bits per heavy atom. The lowest BCUT2D eigenvalue weighted by Crippen LogP contribution is -2.10. The van der Waals surface area contributed by atoms with Gasteiger partial charge in [-0.1, -0.05) is 22.0 Å². The summed E-state index contributed by atoms with van der Waals surface area (Å²) in [5, 5.41) is 2.79. The van der Waals surface area contributed by atoms with Crippen LogP contribution in [0.1, 0.15) is 16.8 Å². The number of nitrogens with two attached hydrogens (primary N) is 1. The van der Waals surface area contributed by atoms with Gasteiger partial charge in [0, 0.05) is 16.7 Å². The number of hydrogen-bond acceptors (Lipinski definition) is 2. The zero-order valence-electron chi connectivity index (χ0n) is 9.75. The van der Waals surface area contributed by atoms with E-state index in [1.807, 2.05) is 32.0 Å². The second kappa shape index (κ2) is 4.50. The number of rotatable bonds is 2. The minimum absolute atomic E-state index is 0.123. The number of aryl methyl sites for hydroxylation is 1. The molecule has 0 aliphatic rings. The van der Waals surface area contributed by atoms with Crippen LogP contribution >= 0.6 is 15.9 Å². The van der Waals surface area contributed by atoms with E-state index in [1.54, 1.807) is 4.68 Å². The van der Waals surface area contributed by atoms with E-state index in [4.69, 9.17) is 5.73 Å². The van der Waals surface area contributed by atoms with Crippen molar-refractivity contribution in [2.75, 3.05) is 0 Å². The molecule has 0 atom stereocenters. The fraction of sp³-hybridized carbons (Fsp3) is 0.250. The Morgan fingerprint density at radius 3 is 2.65 bits per heavy atom. The third kappa shape index (κ3) is 2.08. The predicted octanol–water partition coefficient (Wildman–Crippen LogP) is 2.00. The van der Waals surface area contributed by atoms with Gasteiger partial charge in [-0.3, -0.25) is 14.6 Å². The Balaban J connectivity index is 2.61. The van der Waals surface area contributed by atoms with E-state index in [9.17, 15) is 4.79 Å². The molecule has 1 aromatic carbocycles. The fourth-order valence-electron chi connectivity index (χ4n) is 1.77. The largest absolute Gasteiger partial charge is 0.326 e. The third-order valence-electron chi connectivity index (χ3n) is 2.88. The van der Waals surface area contributed by atoms with Crippen LogP contribution in [0.4, 0.5) is 0 Å². The minimum atomic E-state index is -0.123. The van der Waals surface area contributed by atoms with Crippen molar-refractivity contribution >= 4 is 15.9 Å². The van der Waals surface area contributed by atoms with E-state index in [-0.39, 0.29) is 12.1 Å². The molecule has 0 aliphatic carbocycles. The van der Waals surface area contributed by atoms with Crippen LogP contribution in [0, 0.1) is 13.8 Å². The minimum Gasteiger partial charge on any atom is -0.326 e. The van der Waals surface area contributed by atoms with Crippen molar-refractivity contribution in [1.82, 2.24) is 9.78 Å². The smallest absolute Gasteiger partial charge is 0.269 e. The van der Waals surface area contributed by atoms with Gasteiger partial charge in [-0.25, -0.2) is 0 Å². The predicted molar refractivity (Wildman–Crippen MR) is 71.5 cm³/mol. The molecule has 0 saturated heterocycles. The molecular weight excluding hydrogens is 282 g/mol. The van der Waals surface area contributed by atoms with Gasteiger partial charge in [-0.2, -0.15) is 0 Å². The maximum absolute atomic E-state index is 11.6. The number of halogens is 1. The van der Waals surface area contributed by atoms with Crippen LogP contribution in [0.2, 0.25) is 0 Å². The van der Waals surface area contributed by atoms with Gasteiger partial charge in [-0.15, -0.1) is 0 Å². The topological polar surface area (TPSA) is 63.8 Å². The lowest BCUT2D eigenvalue weighted by molar-refractivity contribution is 0.832. The molecule has 2 rings (SSSR count). The molecule has 1 heterocycles. The Hall–Kier alpha value is -1.33. The number of hydrogen-bond donors (Lipinski definition) is 2. The first-order valence-electron chi connectivity index (χ1n) is 5.31. The number of aromatic nitrogens is 2. The van der Waals surface area contributed by atoms with Gasteiger partial charge in [0.2, 0.25) is 0 Å². The highest BCUT2D eigenvalue weighted by atomic mass is 79.9. The maximum Gasteiger partial charge on any atom is 0.269 e. The van der Waals surface area contributed by atoms with Crippen LogP contribution in [-0.4, -0.2) is 9.78 Å². The molecule has 90 valence electrons. The SMILES string of the molecule is Cc1ccc(-n2[nH]c(=O)c(CN)c2C)cc1Br. The quantitative estimate of drug-likeness (QED) is 0.890. The van der Waals surface area contributed by atoms with Gasteiger partial charge in [0.1, 0.15) is 0 Å². The highest BCUT2D eigenvalue weighted by Gasteiger charge is 2.10. The molecule has 3 N–H and O–H groups in total. The van der Waals surface area contributed by atoms with Crippen molar-refractivity contribution in [2.24, 2.45) is 5.73 Å². The molecule has 0 unspecified atom stereocenters. The highest BCUT2D eigenvalue weighted by molar-refractivity contribution is 9.10. The number of nitrogens with zero attached hydrogens (tertiary/aromatic N) is 1. The summed E-state index contributed by atoms with van der Waals surface area (Å²) in [6.45, 7) is 4.15. The van der Waals surface area contributed by atoms with Gasteiger partial charge in [0.25, 0.3) is 5.56 Å². The van der Waals surface area contributed by atoms with E-state index in [0.717, 1.165) is 21.4 Å². The van der Waals surface area contributed by atoms with Crippen molar-refractivity contribution in [3.05, 3.63) is 49.8 Å². The summed E-state index contributed by atoms with van der Waals surface area (Å²) in [5.74, 6) is 0. The van der Waals surface area contributed by atoms with Crippen LogP contribution < -0.4 is 11.3 Å². The van der Waals surface area contributed by atoms with Gasteiger partial charge in [-0.05, 0) is 31.5 Å². The summed E-state index contributed by atoms with van der Waals surface area (Å²) in [7, 11) is 0. The summed E-state index contributed by atoms with van der Waals surface area (Å²) in [6, 6.07) is 5.93. The molecule has 0 fully saturated rings. The standard InChI is InChI=1S/C12H14BrN3O/c1-7-3-4-9(5-11(7)13)16-8(2)10(6-14)12(17)15-16/h3-5H,6,14H2,1-2H3,(H,15,17). The summed E-state index contributed by atoms with van der Waals surface area (Å²) in [4.78, 5) is 11.6. The molecule has 17 heavy (non-hydrogen) atoms. The van der Waals surface area contributed by atoms with Gasteiger partial charge >= 0.3 is 0 Å². The second-order valence-corrected chi connectivity index (χ2v) is 4.83. The first-order chi connectivity index (χ1) is 8.04. The molecule has 0 spiro atoms. The van der Waals surface area contributed by atoms with Crippen molar-refractivity contribution in [2.45, 2.75) is 20.4 Å². The molecule has 0 bridgehead atoms. The van der Waals surface area contributed by atoms with Gasteiger partial charge < -0.3 is 5.73 Å². The van der Waals surface area contributed by atoms with E-state index in [1.165, 1.54) is 0 Å². The van der Waals surface area contributed by atoms with Gasteiger partial charge in [0.15, 0.2) is 0 Å². The van der Waals surface area contributed by atoms with E-state index >= 15 is 0 Å². The molecule has 0 aliphatic heterocycles. The van der Waals surface area contributed by atoms with E-state index < -0.39 is 0 Å². The average Bonchev–Trinajstić information content (AvgIpc) is 2.58. The Labute approximate surface area is 108 Å². The van der Waals surface area contributed by atoms with Crippen LogP contribution in [0.25, 0.3) is 5.69 Å². The molecule has 0 amide bonds. The van der Waals surface area contributed by atoms with E-state index in [2.05, 4.69) is 21.0 Å². The fourth-order valence-corrected chi connectivity index (χ4v) is 2.14. The monoisotopic (exact) mass is 295 g/mol. The second-order valence-electron chi connectivity index (χ2n) is 3.98. The zero-order valence-corrected chi connectivity index (χ0v) is 11.3. The molecular formula is C12H14BrN3O.